The molecule has 0 aliphatic heterocycles. The molecule has 0 atom stereocenters. The summed E-state index contributed by atoms with van der Waals surface area (Å²) in [5, 5.41) is 4.42. The van der Waals surface area contributed by atoms with E-state index in [4.69, 9.17) is 23.2 Å². The average molecular weight is 429 g/mol. The molecule has 0 radical (unpaired) electrons. The van der Waals surface area contributed by atoms with Crippen LogP contribution in [-0.4, -0.2) is 12.9 Å². The van der Waals surface area contributed by atoms with Crippen LogP contribution in [0.1, 0.15) is 5.56 Å². The van der Waals surface area contributed by atoms with Crippen LogP contribution in [0.15, 0.2) is 106 Å². The van der Waals surface area contributed by atoms with E-state index in [9.17, 15) is 4.57 Å². The molecule has 0 amide bonds. The third kappa shape index (κ3) is 4.23. The van der Waals surface area contributed by atoms with E-state index in [0.717, 1.165) is 5.56 Å². The second kappa shape index (κ2) is 9.25. The summed E-state index contributed by atoms with van der Waals surface area (Å²) in [5.41, 5.74) is 1.07. The molecule has 0 aromatic heterocycles. The van der Waals surface area contributed by atoms with Crippen molar-refractivity contribution in [3.05, 3.63) is 106 Å². The zero-order chi connectivity index (χ0) is 20.0. The predicted molar refractivity (Wildman–Crippen MR) is 121 cm³/mol. The minimum Gasteiger partial charge on any atom is -0.335 e. The Kier molecular flexibility index (Phi) is 6.74. The molecular formula is C22H19Cl2N2OP. The maximum Gasteiger partial charge on any atom is 0.188 e. The number of halogens is 2. The Morgan fingerprint density at radius 3 is 1.61 bits per heavy atom. The lowest BCUT2D eigenvalue weighted by Gasteiger charge is -2.24. The van der Waals surface area contributed by atoms with Gasteiger partial charge in [-0.2, -0.15) is 0 Å². The third-order valence-electron chi connectivity index (χ3n) is 4.24. The van der Waals surface area contributed by atoms with Crippen molar-refractivity contribution in [1.82, 2.24) is 5.32 Å². The summed E-state index contributed by atoms with van der Waals surface area (Å²) in [7, 11) is -1.70. The Balaban J connectivity index is 2.17. The molecule has 0 aliphatic rings. The average Bonchev–Trinajstić information content (AvgIpc) is 2.75. The number of benzene rings is 3. The number of nitrogens with one attached hydrogen (secondary N) is 1. The van der Waals surface area contributed by atoms with Gasteiger partial charge in [0.25, 0.3) is 0 Å². The summed E-state index contributed by atoms with van der Waals surface area (Å²) in [5.74, 6) is 0.529. The Bertz CT molecular complexity index is 988. The molecule has 0 aliphatic carbocycles. The molecule has 0 saturated carbocycles. The maximum absolute atomic E-state index is 14.5. The lowest BCUT2D eigenvalue weighted by Crippen LogP contribution is -2.30. The number of nitrogens with zero attached hydrogens (tertiary/aromatic N) is 1. The second-order valence-electron chi connectivity index (χ2n) is 5.95. The molecule has 0 fully saturated rings. The van der Waals surface area contributed by atoms with Crippen molar-refractivity contribution in [1.29, 1.82) is 0 Å². The van der Waals surface area contributed by atoms with Crippen LogP contribution < -0.4 is 15.9 Å². The molecule has 3 aromatic rings. The zero-order valence-electron chi connectivity index (χ0n) is 15.2. The maximum atomic E-state index is 14.5. The quantitative estimate of drug-likeness (QED) is 0.341. The third-order valence-corrected chi connectivity index (χ3v) is 7.90. The molecule has 3 rings (SSSR count). The van der Waals surface area contributed by atoms with Gasteiger partial charge in [0.05, 0.1) is 0 Å². The van der Waals surface area contributed by atoms with Gasteiger partial charge in [-0.05, 0) is 0 Å². The van der Waals surface area contributed by atoms with Crippen molar-refractivity contribution in [2.24, 2.45) is 4.99 Å². The number of hydrogen-bond donors (Lipinski definition) is 1. The van der Waals surface area contributed by atoms with E-state index in [-0.39, 0.29) is 9.93 Å². The monoisotopic (exact) mass is 428 g/mol. The molecule has 28 heavy (non-hydrogen) atoms. The van der Waals surface area contributed by atoms with Crippen molar-refractivity contribution in [2.75, 3.05) is 7.05 Å². The smallest absolute Gasteiger partial charge is 0.188 e. The van der Waals surface area contributed by atoms with Gasteiger partial charge in [-0.25, -0.2) is 0 Å². The van der Waals surface area contributed by atoms with E-state index in [1.54, 1.807) is 7.05 Å². The molecule has 0 bridgehead atoms. The van der Waals surface area contributed by atoms with Crippen molar-refractivity contribution >= 4 is 46.8 Å². The molecule has 0 heterocycles. The fraction of sp³-hybridized carbons (Fsp3) is 0.0455. The van der Waals surface area contributed by atoms with Crippen LogP contribution in [0.5, 0.6) is 0 Å². The Hall–Kier alpha value is -2.32. The lowest BCUT2D eigenvalue weighted by atomic mass is 10.2. The standard InChI is InChI=1S/C22H19Cl2N2OP/c1-25-21(17-11-5-2-6-12-17)26-22(20(23)24)28(27,18-13-7-3-8-14-18)19-15-9-4-10-16-19/h2-16H,1H3,(H,25,26). The predicted octanol–water partition coefficient (Wildman–Crippen LogP) is 5.27. The minimum atomic E-state index is -3.35. The fourth-order valence-electron chi connectivity index (χ4n) is 2.89. The normalized spacial score (nSPS) is 11.8. The number of rotatable bonds is 5. The summed E-state index contributed by atoms with van der Waals surface area (Å²) in [6.45, 7) is 0. The van der Waals surface area contributed by atoms with Crippen molar-refractivity contribution in [3.8, 4) is 0 Å². The zero-order valence-corrected chi connectivity index (χ0v) is 17.6. The SMILES string of the molecule is CN=C(NC(=C(Cl)Cl)P(=O)(c1ccccc1)c1ccccc1)c1ccccc1. The first-order valence-electron chi connectivity index (χ1n) is 8.63. The minimum absolute atomic E-state index is 0.0897. The van der Waals surface area contributed by atoms with Crippen LogP contribution in [0.4, 0.5) is 0 Å². The second-order valence-corrected chi connectivity index (χ2v) is 9.60. The summed E-state index contributed by atoms with van der Waals surface area (Å²) in [6.07, 6.45) is 0. The number of amidine groups is 1. The summed E-state index contributed by atoms with van der Waals surface area (Å²) >= 11 is 12.5. The van der Waals surface area contributed by atoms with Gasteiger partial charge in [0.2, 0.25) is 0 Å². The Morgan fingerprint density at radius 2 is 1.21 bits per heavy atom. The van der Waals surface area contributed by atoms with Gasteiger partial charge in [0.15, 0.2) is 7.14 Å². The van der Waals surface area contributed by atoms with Gasteiger partial charge in [0, 0.05) is 23.2 Å². The summed E-state index contributed by atoms with van der Waals surface area (Å²) in [6, 6.07) is 27.9. The lowest BCUT2D eigenvalue weighted by molar-refractivity contribution is 0.589. The van der Waals surface area contributed by atoms with Gasteiger partial charge >= 0.3 is 0 Å². The van der Waals surface area contributed by atoms with E-state index in [1.807, 2.05) is 91.0 Å². The van der Waals surface area contributed by atoms with Crippen LogP contribution >= 0.6 is 30.3 Å². The Morgan fingerprint density at radius 1 is 0.786 bits per heavy atom. The molecule has 0 saturated heterocycles. The van der Waals surface area contributed by atoms with E-state index < -0.39 is 7.14 Å². The first kappa shape index (κ1) is 20.4. The van der Waals surface area contributed by atoms with E-state index in [2.05, 4.69) is 10.3 Å². The molecular weight excluding hydrogens is 410 g/mol. The van der Waals surface area contributed by atoms with Crippen molar-refractivity contribution in [3.63, 3.8) is 0 Å². The molecule has 0 spiro atoms. The van der Waals surface area contributed by atoms with Gasteiger partial charge in [-0.3, -0.25) is 4.99 Å². The fourth-order valence-corrected chi connectivity index (χ4v) is 6.20. The van der Waals surface area contributed by atoms with E-state index in [0.29, 0.717) is 16.4 Å². The van der Waals surface area contributed by atoms with Crippen molar-refractivity contribution in [2.45, 2.75) is 0 Å². The molecule has 3 aromatic carbocycles. The Labute approximate surface area is 175 Å². The van der Waals surface area contributed by atoms with E-state index >= 15 is 0 Å². The molecule has 0 unspecified atom stereocenters. The highest BCUT2D eigenvalue weighted by Gasteiger charge is 2.35. The molecule has 142 valence electrons. The van der Waals surface area contributed by atoms with Crippen LogP contribution in [0, 0.1) is 0 Å². The van der Waals surface area contributed by atoms with E-state index in [1.165, 1.54) is 0 Å². The topological polar surface area (TPSA) is 41.5 Å². The van der Waals surface area contributed by atoms with Crippen molar-refractivity contribution < 1.29 is 4.57 Å². The first-order chi connectivity index (χ1) is 13.6. The highest BCUT2D eigenvalue weighted by Crippen LogP contribution is 2.52. The van der Waals surface area contributed by atoms with Gasteiger partial charge in [-0.15, -0.1) is 0 Å². The summed E-state index contributed by atoms with van der Waals surface area (Å²) in [4.78, 5) is 4.31. The number of aliphatic imine (C=N–C) groups is 1. The van der Waals surface area contributed by atoms with Gasteiger partial charge in [0.1, 0.15) is 15.8 Å². The first-order valence-corrected chi connectivity index (χ1v) is 11.1. The highest BCUT2D eigenvalue weighted by atomic mass is 35.5. The number of hydrogen-bond acceptors (Lipinski definition) is 2. The highest BCUT2D eigenvalue weighted by molar-refractivity contribution is 7.82. The van der Waals surface area contributed by atoms with Crippen LogP contribution in [0.3, 0.4) is 0 Å². The summed E-state index contributed by atoms with van der Waals surface area (Å²) < 4.78 is 14.4. The van der Waals surface area contributed by atoms with Crippen LogP contribution in [0.2, 0.25) is 0 Å². The van der Waals surface area contributed by atoms with Crippen LogP contribution in [-0.2, 0) is 4.57 Å². The largest absolute Gasteiger partial charge is 0.335 e. The molecule has 1 N–H and O–H groups in total. The molecule has 6 heteroatoms. The van der Waals surface area contributed by atoms with Gasteiger partial charge in [-0.1, -0.05) is 114 Å². The van der Waals surface area contributed by atoms with Crippen LogP contribution in [0.25, 0.3) is 0 Å². The van der Waals surface area contributed by atoms with Gasteiger partial charge < -0.3 is 9.88 Å². The molecule has 3 nitrogen and oxygen atoms in total.